The minimum Gasteiger partial charge on any atom is -0.456 e. The largest absolute Gasteiger partial charge is 0.456 e. The minimum atomic E-state index is 0.802. The molecule has 24 rings (SSSR count). The summed E-state index contributed by atoms with van der Waals surface area (Å²) < 4.78 is 40.2. The first-order valence-corrected chi connectivity index (χ1v) is 39.2. The fourth-order valence-corrected chi connectivity index (χ4v) is 18.1. The normalized spacial score (nSPS) is 12.0. The first-order valence-electron chi connectivity index (χ1n) is 39.2. The van der Waals surface area contributed by atoms with Gasteiger partial charge in [-0.2, -0.15) is 0 Å². The Morgan fingerprint density at radius 3 is 0.853 bits per heavy atom. The highest BCUT2D eigenvalue weighted by Crippen LogP contribution is 2.49. The highest BCUT2D eigenvalue weighted by Gasteiger charge is 2.25. The molecule has 0 amide bonds. The summed E-state index contributed by atoms with van der Waals surface area (Å²) in [5, 5.41) is 12.9. The number of rotatable bonds is 13. The van der Waals surface area contributed by atoms with Gasteiger partial charge in [0.05, 0.1) is 0 Å². The Kier molecular flexibility index (Phi) is 14.6. The van der Waals surface area contributed by atoms with Gasteiger partial charge in [-0.1, -0.05) is 261 Å². The lowest BCUT2D eigenvalue weighted by Crippen LogP contribution is -2.10. The van der Waals surface area contributed by atoms with Crippen LogP contribution in [0.4, 0.5) is 34.1 Å². The van der Waals surface area contributed by atoms with Crippen LogP contribution in [0.5, 0.6) is 0 Å². The van der Waals surface area contributed by atoms with E-state index < -0.39 is 0 Å². The van der Waals surface area contributed by atoms with Gasteiger partial charge in [-0.15, -0.1) is 0 Å². The second-order valence-electron chi connectivity index (χ2n) is 30.1. The Labute approximate surface area is 664 Å². The van der Waals surface area contributed by atoms with Crippen molar-refractivity contribution >= 4 is 166 Å². The van der Waals surface area contributed by atoms with Gasteiger partial charge in [-0.25, -0.2) is 0 Å². The van der Waals surface area contributed by atoms with Crippen molar-refractivity contribution in [2.75, 3.05) is 9.80 Å². The van der Waals surface area contributed by atoms with E-state index in [4.69, 9.17) is 26.5 Å². The van der Waals surface area contributed by atoms with Crippen LogP contribution in [0.1, 0.15) is 0 Å². The lowest BCUT2D eigenvalue weighted by Gasteiger charge is -2.27. The predicted molar refractivity (Wildman–Crippen MR) is 478 cm³/mol. The molecule has 0 radical (unpaired) electrons. The van der Waals surface area contributed by atoms with E-state index in [2.05, 4.69) is 350 Å². The first-order chi connectivity index (χ1) is 57.5. The Hall–Kier alpha value is -15.6. The Morgan fingerprint density at radius 2 is 0.397 bits per heavy atom. The SMILES string of the molecule is c1cc(-c2ccc3oc4ccccc4c3c2)cc(N(c2ccc(-c3cccc4c3oc3ccccc34)cc2)c2cccc(-c3cccc4c3oc3cccc(-c5ccc6oc7c(-c8cccc(N(c9ccc(-c%10cccc%11c%10oc%10ccccc%10%11)cc9)c9cccc(-c%10cccc%11c%10oc%10ccccc%10%11)c9)c8)cccc7c6c5)c34)c2)c1. The smallest absolute Gasteiger partial charge is 0.143 e. The maximum absolute atomic E-state index is 7.12. The highest BCUT2D eigenvalue weighted by atomic mass is 16.3. The summed E-state index contributed by atoms with van der Waals surface area (Å²) in [6, 6.07) is 138. The van der Waals surface area contributed by atoms with E-state index >= 15 is 0 Å². The molecular weight excluding hydrogens is 1420 g/mol. The predicted octanol–water partition coefficient (Wildman–Crippen LogP) is 31.7. The van der Waals surface area contributed by atoms with Gasteiger partial charge < -0.3 is 36.3 Å². The summed E-state index contributed by atoms with van der Waals surface area (Å²) >= 11 is 0. The molecule has 0 N–H and O–H groups in total. The maximum atomic E-state index is 7.12. The van der Waals surface area contributed by atoms with E-state index in [1.807, 2.05) is 48.5 Å². The standard InChI is InChI=1S/C108H64N2O6/c1-6-43-97-85(27-1)89-37-13-32-80(104(89)112-97)65-47-53-73(54-48-65)109(75-23-9-19-67(59-75)68-51-57-100-94(63-68)88-30-4-5-42-96(88)111-100)76-24-12-22-71(62-76)84-36-17-41-93-103-79(31-18-46-102(103)116-108(84)93)72-52-58-101-95(64-72)92-40-16-35-83(107(92)115-101)70-21-11-26-78(61-70)110(74-55-49-66(50-56-74)81-33-14-38-90-86-28-2-7-44-98(86)113-105(81)90)77-25-10-20-69(60-77)82-34-15-39-91-87-29-3-8-45-99(87)114-106(82)91/h1-64H. The molecule has 0 aliphatic rings. The molecule has 116 heavy (non-hydrogen) atoms. The molecule has 0 bridgehead atoms. The van der Waals surface area contributed by atoms with Crippen LogP contribution >= 0.6 is 0 Å². The number of anilines is 6. The number of fused-ring (bicyclic) bond motifs is 18. The number of hydrogen-bond acceptors (Lipinski definition) is 8. The third kappa shape index (κ3) is 10.5. The zero-order valence-corrected chi connectivity index (χ0v) is 62.3. The second-order valence-corrected chi connectivity index (χ2v) is 30.1. The van der Waals surface area contributed by atoms with Crippen molar-refractivity contribution in [2.24, 2.45) is 0 Å². The van der Waals surface area contributed by atoms with Gasteiger partial charge in [0, 0.05) is 127 Å². The van der Waals surface area contributed by atoms with Crippen molar-refractivity contribution in [3.63, 3.8) is 0 Å². The van der Waals surface area contributed by atoms with Gasteiger partial charge in [0.1, 0.15) is 67.0 Å². The summed E-state index contributed by atoms with van der Waals surface area (Å²) in [4.78, 5) is 4.70. The van der Waals surface area contributed by atoms with Crippen LogP contribution in [0.2, 0.25) is 0 Å². The average Bonchev–Trinajstić information content (AvgIpc) is 1.57. The summed E-state index contributed by atoms with van der Waals surface area (Å²) in [5.41, 5.74) is 30.7. The molecule has 542 valence electrons. The number of para-hydroxylation sites is 9. The average molecular weight is 1490 g/mol. The van der Waals surface area contributed by atoms with Crippen LogP contribution < -0.4 is 9.80 Å². The summed E-state index contributed by atoms with van der Waals surface area (Å²) in [6.45, 7) is 0. The van der Waals surface area contributed by atoms with Gasteiger partial charge in [0.25, 0.3) is 0 Å². The first kappa shape index (κ1) is 65.1. The van der Waals surface area contributed by atoms with Gasteiger partial charge in [0.2, 0.25) is 0 Å². The zero-order chi connectivity index (χ0) is 76.1. The minimum absolute atomic E-state index is 0.802. The third-order valence-corrected chi connectivity index (χ3v) is 23.5. The number of hydrogen-bond donors (Lipinski definition) is 0. The maximum Gasteiger partial charge on any atom is 0.143 e. The van der Waals surface area contributed by atoms with Crippen LogP contribution in [0.25, 0.3) is 210 Å². The summed E-state index contributed by atoms with van der Waals surface area (Å²) in [6.07, 6.45) is 0. The van der Waals surface area contributed by atoms with E-state index in [0.717, 1.165) is 244 Å². The van der Waals surface area contributed by atoms with Crippen molar-refractivity contribution in [1.29, 1.82) is 0 Å². The third-order valence-electron chi connectivity index (χ3n) is 23.5. The fraction of sp³-hybridized carbons (Fsp3) is 0. The van der Waals surface area contributed by atoms with E-state index in [0.29, 0.717) is 0 Å². The lowest BCUT2D eigenvalue weighted by molar-refractivity contribution is 0.668. The molecule has 0 unspecified atom stereocenters. The van der Waals surface area contributed by atoms with Crippen molar-refractivity contribution in [1.82, 2.24) is 0 Å². The molecule has 6 heterocycles. The van der Waals surface area contributed by atoms with E-state index in [1.165, 1.54) is 0 Å². The highest BCUT2D eigenvalue weighted by molar-refractivity contribution is 6.19. The van der Waals surface area contributed by atoms with E-state index in [-0.39, 0.29) is 0 Å². The molecule has 0 aliphatic carbocycles. The van der Waals surface area contributed by atoms with Crippen LogP contribution in [0.3, 0.4) is 0 Å². The second kappa shape index (κ2) is 26.0. The molecule has 0 saturated carbocycles. The molecule has 0 spiro atoms. The van der Waals surface area contributed by atoms with Crippen molar-refractivity contribution < 1.29 is 26.5 Å². The fourth-order valence-electron chi connectivity index (χ4n) is 18.1. The zero-order valence-electron chi connectivity index (χ0n) is 62.3. The topological polar surface area (TPSA) is 85.3 Å². The molecule has 0 aliphatic heterocycles. The molecule has 0 atom stereocenters. The monoisotopic (exact) mass is 1480 g/mol. The van der Waals surface area contributed by atoms with Gasteiger partial charge >= 0.3 is 0 Å². The lowest BCUT2D eigenvalue weighted by atomic mass is 9.96. The van der Waals surface area contributed by atoms with Crippen molar-refractivity contribution in [3.05, 3.63) is 388 Å². The Bertz CT molecular complexity index is 8120. The van der Waals surface area contributed by atoms with Gasteiger partial charge in [0.15, 0.2) is 0 Å². The van der Waals surface area contributed by atoms with Crippen LogP contribution in [-0.2, 0) is 0 Å². The van der Waals surface area contributed by atoms with Crippen molar-refractivity contribution in [2.45, 2.75) is 0 Å². The molecule has 0 saturated heterocycles. The van der Waals surface area contributed by atoms with E-state index in [1.54, 1.807) is 0 Å². The Morgan fingerprint density at radius 1 is 0.138 bits per heavy atom. The quantitative estimate of drug-likeness (QED) is 0.113. The molecule has 0 fully saturated rings. The summed E-state index contributed by atoms with van der Waals surface area (Å²) in [5.74, 6) is 0. The van der Waals surface area contributed by atoms with Gasteiger partial charge in [-0.3, -0.25) is 0 Å². The van der Waals surface area contributed by atoms with Gasteiger partial charge in [-0.05, 0) is 177 Å². The Balaban J connectivity index is 0.588. The molecule has 8 heteroatoms. The summed E-state index contributed by atoms with van der Waals surface area (Å²) in [7, 11) is 0. The molecule has 6 aromatic heterocycles. The van der Waals surface area contributed by atoms with Crippen LogP contribution in [0, 0.1) is 0 Å². The number of benzene rings is 18. The molecular formula is C108H64N2O6. The van der Waals surface area contributed by atoms with Crippen LogP contribution in [0.15, 0.2) is 415 Å². The number of furan rings is 6. The molecule has 8 nitrogen and oxygen atoms in total. The van der Waals surface area contributed by atoms with Crippen LogP contribution in [-0.4, -0.2) is 0 Å². The molecule has 24 aromatic rings. The molecule has 18 aromatic carbocycles. The van der Waals surface area contributed by atoms with Crippen molar-refractivity contribution in [3.8, 4) is 77.9 Å². The number of nitrogens with zero attached hydrogens (tertiary/aromatic N) is 2. The van der Waals surface area contributed by atoms with E-state index in [9.17, 15) is 0 Å².